The van der Waals surface area contributed by atoms with Gasteiger partial charge >= 0.3 is 18.0 Å². The number of Topliss-reactive ketones (excluding diaryl/α,β-unsaturated/α-hetero) is 2. The molecule has 2 aromatic heterocycles. The third-order valence-corrected chi connectivity index (χ3v) is 15.4. The normalized spacial score (nSPS) is 20.7. The van der Waals surface area contributed by atoms with E-state index in [-0.39, 0.29) is 95.8 Å². The molecule has 7 rings (SSSR count). The molecule has 0 bridgehead atoms. The number of primary amides is 1. The molecule has 0 saturated carbocycles. The summed E-state index contributed by atoms with van der Waals surface area (Å²) < 4.78 is 11.1. The number of H-pyrrole nitrogens is 1. The Bertz CT molecular complexity index is 3000. The zero-order chi connectivity index (χ0) is 55.9. The van der Waals surface area contributed by atoms with Gasteiger partial charge in [-0.25, -0.2) is 19.6 Å². The molecule has 1 aromatic carbocycles. The number of ether oxygens (including phenoxy) is 2. The summed E-state index contributed by atoms with van der Waals surface area (Å²) in [5, 5.41) is 38.6. The van der Waals surface area contributed by atoms with Crippen molar-refractivity contribution < 1.29 is 62.8 Å². The second-order valence-corrected chi connectivity index (χ2v) is 20.9. The van der Waals surface area contributed by atoms with Crippen LogP contribution in [-0.2, 0) is 49.6 Å². The lowest BCUT2D eigenvalue weighted by atomic mass is 9.82. The number of nitrogen functional groups attached to an aromatic ring is 1. The summed E-state index contributed by atoms with van der Waals surface area (Å²) in [5.74, 6) is -7.72. The van der Waals surface area contributed by atoms with Gasteiger partial charge in [0.05, 0.1) is 48.2 Å². The molecule has 77 heavy (non-hydrogen) atoms. The summed E-state index contributed by atoms with van der Waals surface area (Å²) in [6, 6.07) is 1.11. The molecule has 0 radical (unpaired) electrons. The quantitative estimate of drug-likeness (QED) is 0.0158. The highest BCUT2D eigenvalue weighted by atomic mass is 33.1. The molecule has 16 N–H and O–H groups in total. The van der Waals surface area contributed by atoms with Gasteiger partial charge in [-0.3, -0.25) is 43.3 Å². The number of carboxylic acids is 2. The number of piperazine rings is 1. The number of hydrogen-bond donors (Lipinski definition) is 13. The summed E-state index contributed by atoms with van der Waals surface area (Å²) >= 11 is 0. The van der Waals surface area contributed by atoms with Crippen molar-refractivity contribution in [2.45, 2.75) is 81.6 Å². The van der Waals surface area contributed by atoms with Crippen molar-refractivity contribution in [3.8, 4) is 0 Å². The molecule has 412 valence electrons. The molecule has 31 heteroatoms. The van der Waals surface area contributed by atoms with Crippen LogP contribution >= 0.6 is 21.6 Å². The highest BCUT2D eigenvalue weighted by Crippen LogP contribution is 2.55. The number of hydrogen-bond acceptors (Lipinski definition) is 23. The van der Waals surface area contributed by atoms with Crippen LogP contribution in [-0.4, -0.2) is 175 Å². The van der Waals surface area contributed by atoms with Crippen molar-refractivity contribution in [2.75, 3.05) is 55.9 Å². The van der Waals surface area contributed by atoms with Crippen LogP contribution in [0, 0.1) is 5.92 Å². The van der Waals surface area contributed by atoms with Crippen LogP contribution in [0.5, 0.6) is 0 Å². The number of aromatic nitrogens is 4. The van der Waals surface area contributed by atoms with Crippen molar-refractivity contribution in [1.29, 1.82) is 0 Å². The first-order valence-electron chi connectivity index (χ1n) is 23.9. The number of amides is 5. The van der Waals surface area contributed by atoms with E-state index in [2.05, 4.69) is 57.2 Å². The molecule has 2 saturated heterocycles. The molecule has 1 aliphatic carbocycles. The standard InChI is InChI=1S/C46H57N15O14S2/c1-19(54-39(67)21-5-7-22(8-6-21)51-13-23-14-53-38-33(55-23)42(70)60-44(48)59-38)4-9-29(62)52-15-25(47)40(68)57-26(12-30(63)64)41(69)58-28(43(71)72)18-77-76-11-10-50-32-20(2)35(65)34-31(36(32)66)24(17-75-45(49)73)46(74-3)37-27(56-37)16-61(34)46/h5-8,14,19,24-28,37,50-51,56H,4,9-13,15-18,47H2,1-3H3,(H2,49,73)(H,52,62)(H,54,67)(H,57,68)(H,58,69)(H,63,64)(H,71,72)(H3,48,53,59,60,70)/t19-,24+,25+,26+,27-,28+,37-,46+/m0/s1. The van der Waals surface area contributed by atoms with E-state index in [9.17, 15) is 58.2 Å². The van der Waals surface area contributed by atoms with Gasteiger partial charge in [0.25, 0.3) is 11.5 Å². The number of carbonyl (C=O) groups excluding carboxylic acids is 7. The fourth-order valence-corrected chi connectivity index (χ4v) is 11.2. The molecule has 2 fully saturated rings. The number of aromatic amines is 1. The van der Waals surface area contributed by atoms with Crippen LogP contribution in [0.2, 0.25) is 0 Å². The molecule has 3 aliphatic heterocycles. The lowest BCUT2D eigenvalue weighted by Gasteiger charge is -2.39. The number of carboxylic acid groups (broad SMARTS) is 2. The maximum atomic E-state index is 14.0. The first-order chi connectivity index (χ1) is 36.6. The predicted octanol–water partition coefficient (Wildman–Crippen LogP) is -2.85. The molecular formula is C46H57N15O14S2. The third-order valence-electron chi connectivity index (χ3n) is 13.0. The first-order valence-corrected chi connectivity index (χ1v) is 26.4. The Labute approximate surface area is 445 Å². The van der Waals surface area contributed by atoms with Gasteiger partial charge in [0.15, 0.2) is 16.9 Å². The average Bonchev–Trinajstić information content (AvgIpc) is 4.02. The Morgan fingerprint density at radius 2 is 1.70 bits per heavy atom. The second kappa shape index (κ2) is 24.4. The van der Waals surface area contributed by atoms with Crippen LogP contribution < -0.4 is 60.0 Å². The molecule has 29 nitrogen and oxygen atoms in total. The number of nitrogens with two attached hydrogens (primary N) is 3. The van der Waals surface area contributed by atoms with Crippen molar-refractivity contribution >= 4 is 97.6 Å². The topological polar surface area (TPSA) is 459 Å². The minimum absolute atomic E-state index is 0.0196. The van der Waals surface area contributed by atoms with E-state index in [4.69, 9.17) is 26.7 Å². The Balaban J connectivity index is 0.803. The SMILES string of the molecule is CO[C@@]12[C@H](COC(N)=O)C3=C(C(=O)C(C)=C(NCCSSC[C@@H](NC(=O)[C@@H](CC(=O)O)NC(=O)[C@H](N)CNC(=O)CC[C@H](C)NC(=O)c4ccc(NCc5cnc6nc(N)[nH]c(=O)c6n5)cc4)C(=O)O)C3=O)N1C[C@@H]1N[C@@H]12. The van der Waals surface area contributed by atoms with Gasteiger partial charge in [-0.05, 0) is 44.5 Å². The Morgan fingerprint density at radius 1 is 0.974 bits per heavy atom. The summed E-state index contributed by atoms with van der Waals surface area (Å²) in [7, 11) is 3.67. The number of benzene rings is 1. The highest BCUT2D eigenvalue weighted by molar-refractivity contribution is 8.76. The fraction of sp³-hybridized carbons (Fsp3) is 0.457. The highest BCUT2D eigenvalue weighted by Gasteiger charge is 2.72. The van der Waals surface area contributed by atoms with Crippen LogP contribution in [0.3, 0.4) is 0 Å². The predicted molar refractivity (Wildman–Crippen MR) is 276 cm³/mol. The van der Waals surface area contributed by atoms with E-state index in [1.165, 1.54) is 31.0 Å². The third kappa shape index (κ3) is 13.0. The molecule has 4 aliphatic rings. The summed E-state index contributed by atoms with van der Waals surface area (Å²) in [6.07, 6.45) is -0.415. The van der Waals surface area contributed by atoms with Crippen molar-refractivity contribution in [3.63, 3.8) is 0 Å². The van der Waals surface area contributed by atoms with E-state index >= 15 is 0 Å². The van der Waals surface area contributed by atoms with Gasteiger partial charge in [-0.2, -0.15) is 4.98 Å². The molecule has 5 heterocycles. The maximum Gasteiger partial charge on any atom is 0.404 e. The number of methoxy groups -OCH3 is 1. The minimum Gasteiger partial charge on any atom is -0.481 e. The molecule has 8 atom stereocenters. The zero-order valence-corrected chi connectivity index (χ0v) is 43.3. The Kier molecular flexibility index (Phi) is 18.0. The largest absolute Gasteiger partial charge is 0.481 e. The van der Waals surface area contributed by atoms with E-state index in [1.807, 2.05) is 0 Å². The Morgan fingerprint density at radius 3 is 2.39 bits per heavy atom. The van der Waals surface area contributed by atoms with E-state index in [0.29, 0.717) is 23.5 Å². The number of allylic oxidation sites excluding steroid dienone is 2. The fourth-order valence-electron chi connectivity index (χ4n) is 9.13. The van der Waals surface area contributed by atoms with Gasteiger partial charge < -0.3 is 79.0 Å². The number of carbonyl (C=O) groups is 9. The number of fused-ring (bicyclic) bond motifs is 5. The Hall–Kier alpha value is -7.87. The van der Waals surface area contributed by atoms with Crippen molar-refractivity contribution in [3.05, 3.63) is 74.6 Å². The number of ketones is 2. The molecular weight excluding hydrogens is 1050 g/mol. The lowest BCUT2D eigenvalue weighted by molar-refractivity contribution is -0.143. The van der Waals surface area contributed by atoms with Crippen molar-refractivity contribution in [2.24, 2.45) is 17.4 Å². The number of rotatable bonds is 27. The van der Waals surface area contributed by atoms with Gasteiger partial charge in [0.2, 0.25) is 35.2 Å². The number of anilines is 2. The smallest absolute Gasteiger partial charge is 0.404 e. The summed E-state index contributed by atoms with van der Waals surface area (Å²) in [6.45, 7) is 3.25. The van der Waals surface area contributed by atoms with Gasteiger partial charge in [0, 0.05) is 79.2 Å². The van der Waals surface area contributed by atoms with Crippen LogP contribution in [0.25, 0.3) is 11.2 Å². The molecule has 5 amide bonds. The second-order valence-electron chi connectivity index (χ2n) is 18.3. The van der Waals surface area contributed by atoms with E-state index in [0.717, 1.165) is 10.8 Å². The van der Waals surface area contributed by atoms with Crippen LogP contribution in [0.15, 0.2) is 57.8 Å². The van der Waals surface area contributed by atoms with E-state index in [1.54, 1.807) is 36.1 Å². The molecule has 3 aromatic rings. The van der Waals surface area contributed by atoms with Gasteiger partial charge in [-0.15, -0.1) is 0 Å². The number of nitrogens with one attached hydrogen (secondary N) is 8. The monoisotopic (exact) mass is 1110 g/mol. The molecule has 0 unspecified atom stereocenters. The lowest BCUT2D eigenvalue weighted by Crippen LogP contribution is -2.57. The summed E-state index contributed by atoms with van der Waals surface area (Å²) in [5.41, 5.74) is 17.3. The molecule has 0 spiro atoms. The van der Waals surface area contributed by atoms with Crippen LogP contribution in [0.4, 0.5) is 16.4 Å². The summed E-state index contributed by atoms with van der Waals surface area (Å²) in [4.78, 5) is 144. The van der Waals surface area contributed by atoms with Crippen LogP contribution in [0.1, 0.15) is 49.2 Å². The average molecular weight is 1110 g/mol. The maximum absolute atomic E-state index is 14.0. The van der Waals surface area contributed by atoms with E-state index < -0.39 is 108 Å². The minimum atomic E-state index is -1.75. The number of aliphatic carboxylic acids is 2. The van der Waals surface area contributed by atoms with Crippen molar-refractivity contribution in [1.82, 2.24) is 56.7 Å². The zero-order valence-electron chi connectivity index (χ0n) is 41.6. The first kappa shape index (κ1) is 56.8. The van der Waals surface area contributed by atoms with Gasteiger partial charge in [0.1, 0.15) is 24.7 Å². The number of nitrogens with zero attached hydrogens (tertiary/aromatic N) is 4. The van der Waals surface area contributed by atoms with Gasteiger partial charge in [-0.1, -0.05) is 21.6 Å².